The van der Waals surface area contributed by atoms with Gasteiger partial charge in [-0.25, -0.2) is 4.79 Å². The molecule has 1 amide bonds. The van der Waals surface area contributed by atoms with E-state index in [2.05, 4.69) is 27.7 Å². The molecule has 1 heterocycles. The van der Waals surface area contributed by atoms with Gasteiger partial charge in [0.05, 0.1) is 23.8 Å². The minimum atomic E-state index is -0.980. The number of carbonyl (C=O) groups excluding carboxylic acids is 1. The van der Waals surface area contributed by atoms with Crippen LogP contribution in [0, 0.1) is 17.3 Å². The van der Waals surface area contributed by atoms with Crippen molar-refractivity contribution in [2.24, 2.45) is 17.3 Å². The SMILES string of the molecule is COC(C)/C=C/C(C)N(C(=O)C(C)/C=C/C(C)C)c1cc(C2CCC(C)(C)CC2)sc1C(=O)O. The van der Waals surface area contributed by atoms with Crippen LogP contribution in [0.25, 0.3) is 0 Å². The van der Waals surface area contributed by atoms with Crippen molar-refractivity contribution >= 4 is 28.9 Å². The summed E-state index contributed by atoms with van der Waals surface area (Å²) in [4.78, 5) is 29.0. The Bertz CT molecular complexity index is 888. The first-order valence-electron chi connectivity index (χ1n) is 12.5. The number of rotatable bonds is 10. The summed E-state index contributed by atoms with van der Waals surface area (Å²) in [6.07, 6.45) is 12.0. The summed E-state index contributed by atoms with van der Waals surface area (Å²) in [6.45, 7) is 14.5. The number of allylic oxidation sites excluding steroid dienone is 1. The third-order valence-electron chi connectivity index (χ3n) is 6.78. The van der Waals surface area contributed by atoms with Crippen molar-refractivity contribution in [1.29, 1.82) is 0 Å². The average molecular weight is 490 g/mol. The second-order valence-electron chi connectivity index (χ2n) is 10.8. The van der Waals surface area contributed by atoms with Crippen LogP contribution in [0.5, 0.6) is 0 Å². The number of ether oxygens (including phenoxy) is 1. The van der Waals surface area contributed by atoms with Gasteiger partial charge in [-0.15, -0.1) is 11.3 Å². The molecule has 0 aliphatic heterocycles. The van der Waals surface area contributed by atoms with Crippen LogP contribution >= 0.6 is 11.3 Å². The third kappa shape index (κ3) is 7.54. The monoisotopic (exact) mass is 489 g/mol. The van der Waals surface area contributed by atoms with E-state index in [9.17, 15) is 14.7 Å². The van der Waals surface area contributed by atoms with Gasteiger partial charge < -0.3 is 14.7 Å². The summed E-state index contributed by atoms with van der Waals surface area (Å²) in [5.74, 6) is -0.762. The molecule has 190 valence electrons. The molecule has 0 spiro atoms. The van der Waals surface area contributed by atoms with E-state index < -0.39 is 5.97 Å². The molecule has 0 saturated heterocycles. The molecule has 1 N–H and O–H groups in total. The number of amides is 1. The van der Waals surface area contributed by atoms with Crippen LogP contribution in [0.1, 0.15) is 94.6 Å². The molecular weight excluding hydrogens is 446 g/mol. The first kappa shape index (κ1) is 28.3. The summed E-state index contributed by atoms with van der Waals surface area (Å²) in [6, 6.07) is 1.66. The predicted octanol–water partition coefficient (Wildman–Crippen LogP) is 7.29. The summed E-state index contributed by atoms with van der Waals surface area (Å²) in [5.41, 5.74) is 0.846. The molecule has 1 aliphatic rings. The van der Waals surface area contributed by atoms with Gasteiger partial charge in [-0.1, -0.05) is 58.9 Å². The molecule has 1 aromatic heterocycles. The summed E-state index contributed by atoms with van der Waals surface area (Å²) < 4.78 is 5.33. The molecule has 2 rings (SSSR count). The molecule has 5 nitrogen and oxygen atoms in total. The lowest BCUT2D eigenvalue weighted by Gasteiger charge is -2.34. The van der Waals surface area contributed by atoms with Crippen molar-refractivity contribution in [2.75, 3.05) is 12.0 Å². The van der Waals surface area contributed by atoms with E-state index in [0.29, 0.717) is 22.9 Å². The van der Waals surface area contributed by atoms with Crippen LogP contribution in [0.3, 0.4) is 0 Å². The predicted molar refractivity (Wildman–Crippen MR) is 142 cm³/mol. The summed E-state index contributed by atoms with van der Waals surface area (Å²) >= 11 is 1.34. The van der Waals surface area contributed by atoms with E-state index in [1.54, 1.807) is 12.0 Å². The van der Waals surface area contributed by atoms with Crippen LogP contribution < -0.4 is 4.90 Å². The molecular formula is C28H43NO4S. The fourth-order valence-corrected chi connectivity index (χ4v) is 5.49. The van der Waals surface area contributed by atoms with Crippen LogP contribution in [-0.4, -0.2) is 36.2 Å². The van der Waals surface area contributed by atoms with Crippen molar-refractivity contribution in [3.8, 4) is 0 Å². The Balaban J connectivity index is 2.49. The van der Waals surface area contributed by atoms with Gasteiger partial charge in [0.1, 0.15) is 4.88 Å². The summed E-state index contributed by atoms with van der Waals surface area (Å²) in [7, 11) is 1.64. The van der Waals surface area contributed by atoms with E-state index in [-0.39, 0.29) is 28.8 Å². The molecule has 1 fully saturated rings. The zero-order chi connectivity index (χ0) is 25.6. The Hall–Kier alpha value is -1.92. The minimum absolute atomic E-state index is 0.0970. The molecule has 6 heteroatoms. The van der Waals surface area contributed by atoms with E-state index in [0.717, 1.165) is 30.6 Å². The Morgan fingerprint density at radius 3 is 2.24 bits per heavy atom. The number of anilines is 1. The lowest BCUT2D eigenvalue weighted by Crippen LogP contribution is -2.41. The highest BCUT2D eigenvalue weighted by molar-refractivity contribution is 7.14. The highest BCUT2D eigenvalue weighted by Crippen LogP contribution is 2.46. The van der Waals surface area contributed by atoms with Gasteiger partial charge in [0.15, 0.2) is 0 Å². The first-order valence-corrected chi connectivity index (χ1v) is 13.3. The number of carboxylic acids is 1. The maximum atomic E-state index is 13.7. The lowest BCUT2D eigenvalue weighted by atomic mass is 9.73. The fraction of sp³-hybridized carbons (Fsp3) is 0.643. The van der Waals surface area contributed by atoms with Crippen LogP contribution in [-0.2, 0) is 9.53 Å². The molecule has 1 aromatic rings. The van der Waals surface area contributed by atoms with Gasteiger partial charge >= 0.3 is 5.97 Å². The second-order valence-corrected chi connectivity index (χ2v) is 11.9. The van der Waals surface area contributed by atoms with E-state index in [1.165, 1.54) is 11.3 Å². The van der Waals surface area contributed by atoms with Gasteiger partial charge in [-0.05, 0) is 62.8 Å². The normalized spacial score (nSPS) is 19.6. The molecule has 1 aliphatic carbocycles. The van der Waals surface area contributed by atoms with Gasteiger partial charge in [0.25, 0.3) is 0 Å². The number of aromatic carboxylic acids is 1. The molecule has 3 atom stereocenters. The quantitative estimate of drug-likeness (QED) is 0.350. The van der Waals surface area contributed by atoms with Gasteiger partial charge in [0, 0.05) is 12.0 Å². The van der Waals surface area contributed by atoms with Crippen molar-refractivity contribution < 1.29 is 19.4 Å². The van der Waals surface area contributed by atoms with Crippen molar-refractivity contribution in [2.45, 2.75) is 92.2 Å². The maximum Gasteiger partial charge on any atom is 0.348 e. The first-order chi connectivity index (χ1) is 15.9. The number of carbonyl (C=O) groups is 2. The highest BCUT2D eigenvalue weighted by atomic mass is 32.1. The second kappa shape index (κ2) is 12.2. The molecule has 0 bridgehead atoms. The van der Waals surface area contributed by atoms with Crippen LogP contribution in [0.15, 0.2) is 30.4 Å². The van der Waals surface area contributed by atoms with Crippen LogP contribution in [0.2, 0.25) is 0 Å². The maximum absolute atomic E-state index is 13.7. The number of methoxy groups -OCH3 is 1. The van der Waals surface area contributed by atoms with E-state index in [1.807, 2.05) is 51.1 Å². The number of thiophene rings is 1. The smallest absolute Gasteiger partial charge is 0.348 e. The Labute approximate surface area is 209 Å². The number of carboxylic acid groups (broad SMARTS) is 1. The average Bonchev–Trinajstić information content (AvgIpc) is 3.20. The third-order valence-corrected chi connectivity index (χ3v) is 8.05. The van der Waals surface area contributed by atoms with Crippen LogP contribution in [0.4, 0.5) is 5.69 Å². The van der Waals surface area contributed by atoms with Crippen molar-refractivity contribution in [3.05, 3.63) is 40.1 Å². The largest absolute Gasteiger partial charge is 0.477 e. The van der Waals surface area contributed by atoms with Gasteiger partial charge in [-0.3, -0.25) is 4.79 Å². The standard InChI is InChI=1S/C28H43NO4S/c1-18(2)9-10-19(3)26(30)29(20(4)11-12-21(5)33-8)23-17-24(34-25(23)27(31)32)22-13-15-28(6,7)16-14-22/h9-12,17-22H,13-16H2,1-8H3,(H,31,32)/b10-9+,12-11+. The Morgan fingerprint density at radius 2 is 1.71 bits per heavy atom. The fourth-order valence-electron chi connectivity index (χ4n) is 4.33. The highest BCUT2D eigenvalue weighted by Gasteiger charge is 2.33. The molecule has 34 heavy (non-hydrogen) atoms. The van der Waals surface area contributed by atoms with E-state index in [4.69, 9.17) is 4.74 Å². The van der Waals surface area contributed by atoms with Crippen molar-refractivity contribution in [3.63, 3.8) is 0 Å². The Kier molecular flexibility index (Phi) is 10.1. The lowest BCUT2D eigenvalue weighted by molar-refractivity contribution is -0.120. The number of hydrogen-bond acceptors (Lipinski definition) is 4. The zero-order valence-corrected chi connectivity index (χ0v) is 22.9. The van der Waals surface area contributed by atoms with Gasteiger partial charge in [-0.2, -0.15) is 0 Å². The molecule has 3 unspecified atom stereocenters. The summed E-state index contributed by atoms with van der Waals surface area (Å²) in [5, 5.41) is 10.1. The molecule has 0 radical (unpaired) electrons. The molecule has 0 aromatic carbocycles. The van der Waals surface area contributed by atoms with E-state index >= 15 is 0 Å². The Morgan fingerprint density at radius 1 is 1.09 bits per heavy atom. The number of hydrogen-bond donors (Lipinski definition) is 1. The zero-order valence-electron chi connectivity index (χ0n) is 22.1. The molecule has 1 saturated carbocycles. The topological polar surface area (TPSA) is 66.8 Å². The number of nitrogens with zero attached hydrogens (tertiary/aromatic N) is 1. The van der Waals surface area contributed by atoms with Gasteiger partial charge in [0.2, 0.25) is 5.91 Å². The minimum Gasteiger partial charge on any atom is -0.477 e. The van der Waals surface area contributed by atoms with Crippen molar-refractivity contribution in [1.82, 2.24) is 0 Å².